The molecule has 2 heterocycles. The van der Waals surface area contributed by atoms with Gasteiger partial charge in [0.05, 0.1) is 22.7 Å². The minimum atomic E-state index is -0.445. The van der Waals surface area contributed by atoms with Gasteiger partial charge in [-0.2, -0.15) is 5.10 Å². The summed E-state index contributed by atoms with van der Waals surface area (Å²) in [5.74, 6) is 0.653. The number of nitro groups is 1. The number of carbonyl (C=O) groups excluding carboxylic acids is 1. The Labute approximate surface area is 193 Å². The molecule has 0 unspecified atom stereocenters. The molecule has 33 heavy (non-hydrogen) atoms. The van der Waals surface area contributed by atoms with E-state index in [2.05, 4.69) is 10.4 Å². The number of hydrogen-bond acceptors (Lipinski definition) is 6. The summed E-state index contributed by atoms with van der Waals surface area (Å²) in [5.41, 5.74) is 2.08. The van der Waals surface area contributed by atoms with Gasteiger partial charge in [0.2, 0.25) is 0 Å². The third kappa shape index (κ3) is 5.58. The van der Waals surface area contributed by atoms with Gasteiger partial charge in [-0.25, -0.2) is 0 Å². The maximum absolute atomic E-state index is 12.6. The van der Waals surface area contributed by atoms with Gasteiger partial charge in [0.15, 0.2) is 5.76 Å². The molecule has 0 aliphatic heterocycles. The molecule has 0 bridgehead atoms. The van der Waals surface area contributed by atoms with Gasteiger partial charge in [-0.05, 0) is 48.9 Å². The standard InChI is InChI=1S/C23H19ClN4O5/c1-15-9-19(5-7-21(15)28(30)31)32-14-20-6-8-22(33-20)23(29)26-18-4-2-3-16(10-18)12-27-13-17(24)11-25-27/h2-11,13H,12,14H2,1H3,(H,26,29). The Hall–Kier alpha value is -4.11. The maximum Gasteiger partial charge on any atom is 0.291 e. The summed E-state index contributed by atoms with van der Waals surface area (Å²) < 4.78 is 12.9. The van der Waals surface area contributed by atoms with Gasteiger partial charge in [0.25, 0.3) is 11.6 Å². The van der Waals surface area contributed by atoms with Crippen LogP contribution >= 0.6 is 11.6 Å². The van der Waals surface area contributed by atoms with E-state index < -0.39 is 10.8 Å². The second-order valence-corrected chi connectivity index (χ2v) is 7.71. The number of benzene rings is 2. The van der Waals surface area contributed by atoms with Crippen LogP contribution in [0.4, 0.5) is 11.4 Å². The van der Waals surface area contributed by atoms with E-state index in [1.165, 1.54) is 12.1 Å². The van der Waals surface area contributed by atoms with E-state index in [1.807, 2.05) is 18.2 Å². The lowest BCUT2D eigenvalue weighted by Gasteiger charge is -2.07. The third-order valence-electron chi connectivity index (χ3n) is 4.76. The van der Waals surface area contributed by atoms with Gasteiger partial charge < -0.3 is 14.5 Å². The normalized spacial score (nSPS) is 10.7. The fraction of sp³-hybridized carbons (Fsp3) is 0.130. The van der Waals surface area contributed by atoms with Crippen molar-refractivity contribution in [2.75, 3.05) is 5.32 Å². The van der Waals surface area contributed by atoms with Gasteiger partial charge >= 0.3 is 0 Å². The van der Waals surface area contributed by atoms with Crippen molar-refractivity contribution in [1.29, 1.82) is 0 Å². The van der Waals surface area contributed by atoms with E-state index in [0.717, 1.165) is 5.56 Å². The fourth-order valence-electron chi connectivity index (χ4n) is 3.21. The minimum Gasteiger partial charge on any atom is -0.486 e. The average Bonchev–Trinajstić information content (AvgIpc) is 3.41. The van der Waals surface area contributed by atoms with Crippen molar-refractivity contribution in [1.82, 2.24) is 9.78 Å². The van der Waals surface area contributed by atoms with E-state index in [0.29, 0.717) is 34.3 Å². The van der Waals surface area contributed by atoms with E-state index in [9.17, 15) is 14.9 Å². The summed E-state index contributed by atoms with van der Waals surface area (Å²) in [7, 11) is 0. The van der Waals surface area contributed by atoms with Crippen LogP contribution < -0.4 is 10.1 Å². The van der Waals surface area contributed by atoms with Crippen LogP contribution in [0, 0.1) is 17.0 Å². The molecule has 0 aliphatic carbocycles. The van der Waals surface area contributed by atoms with Crippen LogP contribution in [0.25, 0.3) is 0 Å². The Morgan fingerprint density at radius 3 is 2.82 bits per heavy atom. The molecule has 2 aromatic heterocycles. The summed E-state index contributed by atoms with van der Waals surface area (Å²) >= 11 is 5.89. The van der Waals surface area contributed by atoms with E-state index in [-0.39, 0.29) is 18.1 Å². The summed E-state index contributed by atoms with van der Waals surface area (Å²) in [4.78, 5) is 23.0. The van der Waals surface area contributed by atoms with Crippen molar-refractivity contribution >= 4 is 28.9 Å². The number of aromatic nitrogens is 2. The predicted octanol–water partition coefficient (Wildman–Crippen LogP) is 5.23. The van der Waals surface area contributed by atoms with Crippen LogP contribution in [-0.2, 0) is 13.2 Å². The Kier molecular flexibility index (Phi) is 6.41. The molecule has 2 aromatic carbocycles. The number of ether oxygens (including phenoxy) is 1. The van der Waals surface area contributed by atoms with Crippen LogP contribution in [-0.4, -0.2) is 20.6 Å². The number of hydrogen-bond donors (Lipinski definition) is 1. The van der Waals surface area contributed by atoms with Gasteiger partial charge in [-0.15, -0.1) is 0 Å². The summed E-state index contributed by atoms with van der Waals surface area (Å²) in [6, 6.07) is 15.1. The number of rotatable bonds is 8. The topological polar surface area (TPSA) is 112 Å². The van der Waals surface area contributed by atoms with Crippen molar-refractivity contribution in [2.24, 2.45) is 0 Å². The molecule has 1 amide bonds. The molecule has 0 spiro atoms. The van der Waals surface area contributed by atoms with Gasteiger partial charge in [0, 0.05) is 23.5 Å². The Balaban J connectivity index is 1.36. The predicted molar refractivity (Wildman–Crippen MR) is 122 cm³/mol. The third-order valence-corrected chi connectivity index (χ3v) is 4.96. The number of halogens is 1. The zero-order chi connectivity index (χ0) is 23.4. The molecule has 168 valence electrons. The molecular formula is C23H19ClN4O5. The highest BCUT2D eigenvalue weighted by atomic mass is 35.5. The van der Waals surface area contributed by atoms with Crippen LogP contribution in [0.15, 0.2) is 71.4 Å². The van der Waals surface area contributed by atoms with Crippen molar-refractivity contribution in [3.05, 3.63) is 105 Å². The first-order valence-electron chi connectivity index (χ1n) is 9.92. The maximum atomic E-state index is 12.6. The highest BCUT2D eigenvalue weighted by Crippen LogP contribution is 2.24. The van der Waals surface area contributed by atoms with Crippen molar-refractivity contribution in [2.45, 2.75) is 20.1 Å². The first-order valence-corrected chi connectivity index (χ1v) is 10.3. The van der Waals surface area contributed by atoms with Gasteiger partial charge in [-0.1, -0.05) is 23.7 Å². The Bertz CT molecular complexity index is 1310. The molecule has 0 atom stereocenters. The molecule has 0 radical (unpaired) electrons. The number of furan rings is 1. The van der Waals surface area contributed by atoms with Crippen molar-refractivity contribution in [3.8, 4) is 5.75 Å². The molecule has 4 rings (SSSR count). The Morgan fingerprint density at radius 1 is 1.24 bits per heavy atom. The number of carbonyl (C=O) groups is 1. The molecule has 10 heteroatoms. The molecule has 0 aliphatic rings. The number of nitrogens with zero attached hydrogens (tertiary/aromatic N) is 3. The summed E-state index contributed by atoms with van der Waals surface area (Å²) in [6.45, 7) is 2.23. The second-order valence-electron chi connectivity index (χ2n) is 7.27. The first kappa shape index (κ1) is 22.1. The highest BCUT2D eigenvalue weighted by molar-refractivity contribution is 6.30. The largest absolute Gasteiger partial charge is 0.486 e. The van der Waals surface area contributed by atoms with E-state index >= 15 is 0 Å². The zero-order valence-electron chi connectivity index (χ0n) is 17.5. The number of nitrogens with one attached hydrogen (secondary N) is 1. The number of anilines is 1. The summed E-state index contributed by atoms with van der Waals surface area (Å²) in [5, 5.41) is 18.4. The average molecular weight is 467 g/mol. The molecule has 0 saturated heterocycles. The van der Waals surface area contributed by atoms with E-state index in [1.54, 1.807) is 48.3 Å². The minimum absolute atomic E-state index is 0.0248. The smallest absolute Gasteiger partial charge is 0.291 e. The quantitative estimate of drug-likeness (QED) is 0.281. The number of amides is 1. The summed E-state index contributed by atoms with van der Waals surface area (Å²) in [6.07, 6.45) is 3.28. The van der Waals surface area contributed by atoms with Crippen molar-refractivity contribution < 1.29 is 18.9 Å². The highest BCUT2D eigenvalue weighted by Gasteiger charge is 2.14. The SMILES string of the molecule is Cc1cc(OCc2ccc(C(=O)Nc3cccc(Cn4cc(Cl)cn4)c3)o2)ccc1[N+](=O)[O-]. The molecule has 0 fully saturated rings. The number of nitro benzene ring substituents is 1. The van der Waals surface area contributed by atoms with Crippen LogP contribution in [0.5, 0.6) is 5.75 Å². The molecule has 1 N–H and O–H groups in total. The van der Waals surface area contributed by atoms with Crippen LogP contribution in [0.1, 0.15) is 27.4 Å². The lowest BCUT2D eigenvalue weighted by molar-refractivity contribution is -0.385. The van der Waals surface area contributed by atoms with Crippen molar-refractivity contribution in [3.63, 3.8) is 0 Å². The van der Waals surface area contributed by atoms with Gasteiger partial charge in [0.1, 0.15) is 18.1 Å². The molecule has 9 nitrogen and oxygen atoms in total. The molecule has 0 saturated carbocycles. The molecule has 4 aromatic rings. The van der Waals surface area contributed by atoms with Crippen LogP contribution in [0.3, 0.4) is 0 Å². The lowest BCUT2D eigenvalue weighted by Crippen LogP contribution is -2.11. The van der Waals surface area contributed by atoms with Crippen LogP contribution in [0.2, 0.25) is 5.02 Å². The fourth-order valence-corrected chi connectivity index (χ4v) is 3.36. The molecular weight excluding hydrogens is 448 g/mol. The Morgan fingerprint density at radius 2 is 2.09 bits per heavy atom. The first-order chi connectivity index (χ1) is 15.9. The number of aryl methyl sites for hydroxylation is 1. The monoisotopic (exact) mass is 466 g/mol. The van der Waals surface area contributed by atoms with Gasteiger partial charge in [-0.3, -0.25) is 19.6 Å². The second kappa shape index (κ2) is 9.58. The lowest BCUT2D eigenvalue weighted by atomic mass is 10.2. The zero-order valence-corrected chi connectivity index (χ0v) is 18.3. The van der Waals surface area contributed by atoms with E-state index in [4.69, 9.17) is 20.8 Å².